The van der Waals surface area contributed by atoms with Crippen LogP contribution in [0.4, 0.5) is 0 Å². The van der Waals surface area contributed by atoms with E-state index in [2.05, 4.69) is 40.1 Å². The normalized spacial score (nSPS) is 12.0. The third-order valence-corrected chi connectivity index (χ3v) is 4.69. The van der Waals surface area contributed by atoms with Gasteiger partial charge in [0.2, 0.25) is 0 Å². The summed E-state index contributed by atoms with van der Waals surface area (Å²) in [5, 5.41) is 8.79. The Morgan fingerprint density at radius 1 is 1.29 bits per heavy atom. The maximum atomic E-state index is 10.8. The molecule has 2 aromatic rings. The van der Waals surface area contributed by atoms with E-state index in [9.17, 15) is 4.79 Å². The van der Waals surface area contributed by atoms with Crippen LogP contribution in [-0.4, -0.2) is 31.6 Å². The number of guanidine groups is 1. The van der Waals surface area contributed by atoms with Crippen molar-refractivity contribution in [3.05, 3.63) is 52.2 Å². The molecule has 1 aromatic carbocycles. The number of primary amides is 1. The van der Waals surface area contributed by atoms with Crippen molar-refractivity contribution in [3.8, 4) is 5.75 Å². The standard InChI is InChI=1S/C20H28N4O2S.HI/c1-3-22-20(23-12-15(2)10-18-8-5-9-27-18)24-13-16-6-4-7-17(11-16)26-14-19(21)25;/h4-9,11,15H,3,10,12-14H2,1-2H3,(H2,21,25)(H2,22,23,24);1H. The Morgan fingerprint density at radius 3 is 2.79 bits per heavy atom. The maximum Gasteiger partial charge on any atom is 0.255 e. The van der Waals surface area contributed by atoms with Crippen molar-refractivity contribution in [1.82, 2.24) is 10.6 Å². The number of hydrogen-bond donors (Lipinski definition) is 3. The fourth-order valence-electron chi connectivity index (χ4n) is 2.52. The van der Waals surface area contributed by atoms with Crippen molar-refractivity contribution in [1.29, 1.82) is 0 Å². The first-order chi connectivity index (χ1) is 13.1. The smallest absolute Gasteiger partial charge is 0.255 e. The number of nitrogens with two attached hydrogens (primary N) is 1. The third kappa shape index (κ3) is 9.41. The highest BCUT2D eigenvalue weighted by Gasteiger charge is 2.06. The van der Waals surface area contributed by atoms with Gasteiger partial charge in [0.1, 0.15) is 5.75 Å². The summed E-state index contributed by atoms with van der Waals surface area (Å²) in [5.41, 5.74) is 6.11. The summed E-state index contributed by atoms with van der Waals surface area (Å²) in [6.07, 6.45) is 1.06. The molecule has 1 atom stereocenters. The molecule has 4 N–H and O–H groups in total. The summed E-state index contributed by atoms with van der Waals surface area (Å²) in [4.78, 5) is 16.9. The second-order valence-electron chi connectivity index (χ2n) is 6.37. The monoisotopic (exact) mass is 516 g/mol. The first-order valence-electron chi connectivity index (χ1n) is 9.11. The number of ether oxygens (including phenoxy) is 1. The number of carbonyl (C=O) groups is 1. The molecule has 0 spiro atoms. The zero-order valence-corrected chi connectivity index (χ0v) is 19.5. The predicted molar refractivity (Wildman–Crippen MR) is 127 cm³/mol. The Balaban J connectivity index is 0.00000392. The molecule has 8 heteroatoms. The van der Waals surface area contributed by atoms with E-state index in [1.54, 1.807) is 17.4 Å². The third-order valence-electron chi connectivity index (χ3n) is 3.79. The van der Waals surface area contributed by atoms with Gasteiger partial charge in [0.05, 0.1) is 6.54 Å². The molecule has 0 bridgehead atoms. The van der Waals surface area contributed by atoms with E-state index in [0.29, 0.717) is 18.2 Å². The van der Waals surface area contributed by atoms with Crippen molar-refractivity contribution < 1.29 is 9.53 Å². The molecule has 6 nitrogen and oxygen atoms in total. The molecule has 1 unspecified atom stereocenters. The number of hydrogen-bond acceptors (Lipinski definition) is 4. The minimum Gasteiger partial charge on any atom is -0.484 e. The molecule has 0 aliphatic carbocycles. The van der Waals surface area contributed by atoms with Crippen LogP contribution in [0.15, 0.2) is 46.8 Å². The summed E-state index contributed by atoms with van der Waals surface area (Å²) in [7, 11) is 0. The zero-order valence-electron chi connectivity index (χ0n) is 16.3. The Kier molecular flexibility index (Phi) is 11.6. The first kappa shape index (κ1) is 24.2. The van der Waals surface area contributed by atoms with Crippen LogP contribution < -0.4 is 21.1 Å². The molecule has 28 heavy (non-hydrogen) atoms. The summed E-state index contributed by atoms with van der Waals surface area (Å²) in [6, 6.07) is 11.8. The molecule has 1 amide bonds. The molecule has 1 heterocycles. The van der Waals surface area contributed by atoms with Crippen molar-refractivity contribution in [2.24, 2.45) is 16.6 Å². The fraction of sp³-hybridized carbons (Fsp3) is 0.400. The van der Waals surface area contributed by atoms with E-state index in [1.165, 1.54) is 4.88 Å². The molecule has 2 rings (SSSR count). The van der Waals surface area contributed by atoms with Gasteiger partial charge in [-0.2, -0.15) is 0 Å². The number of benzene rings is 1. The van der Waals surface area contributed by atoms with Crippen LogP contribution in [-0.2, 0) is 17.8 Å². The first-order valence-corrected chi connectivity index (χ1v) is 9.99. The minimum absolute atomic E-state index is 0. The van der Waals surface area contributed by atoms with Gasteiger partial charge < -0.3 is 21.1 Å². The molecule has 0 saturated heterocycles. The molecule has 0 fully saturated rings. The number of aliphatic imine (C=N–C) groups is 1. The molecular weight excluding hydrogens is 487 g/mol. The summed E-state index contributed by atoms with van der Waals surface area (Å²) in [6.45, 7) is 6.32. The quantitative estimate of drug-likeness (QED) is 0.257. The van der Waals surface area contributed by atoms with Gasteiger partial charge in [-0.05, 0) is 48.4 Å². The van der Waals surface area contributed by atoms with Crippen LogP contribution in [0.2, 0.25) is 0 Å². The van der Waals surface area contributed by atoms with Crippen LogP contribution in [0.3, 0.4) is 0 Å². The average molecular weight is 516 g/mol. The highest BCUT2D eigenvalue weighted by molar-refractivity contribution is 14.0. The second-order valence-corrected chi connectivity index (χ2v) is 7.40. The Labute approximate surface area is 188 Å². The summed E-state index contributed by atoms with van der Waals surface area (Å²) in [5.74, 6) is 1.43. The van der Waals surface area contributed by atoms with Crippen LogP contribution in [0.25, 0.3) is 0 Å². The number of rotatable bonds is 10. The number of thiophene rings is 1. The lowest BCUT2D eigenvalue weighted by Gasteiger charge is -2.15. The van der Waals surface area contributed by atoms with Gasteiger partial charge in [-0.15, -0.1) is 35.3 Å². The van der Waals surface area contributed by atoms with Crippen molar-refractivity contribution in [2.75, 3.05) is 19.7 Å². The van der Waals surface area contributed by atoms with Crippen LogP contribution in [0, 0.1) is 5.92 Å². The van der Waals surface area contributed by atoms with Crippen molar-refractivity contribution in [3.63, 3.8) is 0 Å². The lowest BCUT2D eigenvalue weighted by atomic mass is 10.1. The maximum absolute atomic E-state index is 10.8. The highest BCUT2D eigenvalue weighted by Crippen LogP contribution is 2.15. The van der Waals surface area contributed by atoms with Gasteiger partial charge in [0.15, 0.2) is 12.6 Å². The van der Waals surface area contributed by atoms with Gasteiger partial charge in [-0.3, -0.25) is 4.79 Å². The summed E-state index contributed by atoms with van der Waals surface area (Å²) < 4.78 is 5.34. The number of halogens is 1. The fourth-order valence-corrected chi connectivity index (χ4v) is 3.39. The van der Waals surface area contributed by atoms with Gasteiger partial charge in [0, 0.05) is 18.0 Å². The van der Waals surface area contributed by atoms with Gasteiger partial charge in [-0.25, -0.2) is 4.99 Å². The summed E-state index contributed by atoms with van der Waals surface area (Å²) >= 11 is 1.80. The molecule has 154 valence electrons. The van der Waals surface area contributed by atoms with E-state index in [0.717, 1.165) is 31.0 Å². The molecule has 0 radical (unpaired) electrons. The van der Waals surface area contributed by atoms with Crippen molar-refractivity contribution in [2.45, 2.75) is 26.8 Å². The number of nitrogens with zero attached hydrogens (tertiary/aromatic N) is 1. The van der Waals surface area contributed by atoms with E-state index in [1.807, 2.05) is 25.1 Å². The molecule has 1 aromatic heterocycles. The van der Waals surface area contributed by atoms with E-state index in [4.69, 9.17) is 10.5 Å². The Hall–Kier alpha value is -1.81. The zero-order chi connectivity index (χ0) is 19.5. The van der Waals surface area contributed by atoms with Crippen LogP contribution >= 0.6 is 35.3 Å². The lowest BCUT2D eigenvalue weighted by molar-refractivity contribution is -0.119. The Morgan fingerprint density at radius 2 is 2.11 bits per heavy atom. The lowest BCUT2D eigenvalue weighted by Crippen LogP contribution is -2.39. The number of amides is 1. The van der Waals surface area contributed by atoms with E-state index < -0.39 is 5.91 Å². The largest absolute Gasteiger partial charge is 0.484 e. The molecular formula is C20H29IN4O2S. The number of carbonyl (C=O) groups excluding carboxylic acids is 1. The topological polar surface area (TPSA) is 88.7 Å². The highest BCUT2D eigenvalue weighted by atomic mass is 127. The van der Waals surface area contributed by atoms with E-state index >= 15 is 0 Å². The van der Waals surface area contributed by atoms with Crippen molar-refractivity contribution >= 4 is 47.2 Å². The van der Waals surface area contributed by atoms with Gasteiger partial charge >= 0.3 is 0 Å². The number of nitrogens with one attached hydrogen (secondary N) is 2. The van der Waals surface area contributed by atoms with Gasteiger partial charge in [0.25, 0.3) is 5.91 Å². The van der Waals surface area contributed by atoms with E-state index in [-0.39, 0.29) is 30.6 Å². The predicted octanol–water partition coefficient (Wildman–Crippen LogP) is 3.16. The molecule has 0 aliphatic rings. The molecule has 0 saturated carbocycles. The van der Waals surface area contributed by atoms with Gasteiger partial charge in [-0.1, -0.05) is 25.1 Å². The molecule has 0 aliphatic heterocycles. The second kappa shape index (κ2) is 13.4. The van der Waals surface area contributed by atoms with Crippen LogP contribution in [0.1, 0.15) is 24.3 Å². The average Bonchev–Trinajstić information content (AvgIpc) is 3.15. The minimum atomic E-state index is -0.492. The SMILES string of the molecule is CCNC(=NCc1cccc(OCC(N)=O)c1)NCC(C)Cc1cccs1.I. The van der Waals surface area contributed by atoms with Crippen LogP contribution in [0.5, 0.6) is 5.75 Å². The Bertz CT molecular complexity index is 738.